The molecule has 0 saturated heterocycles. The van der Waals surface area contributed by atoms with E-state index in [0.717, 1.165) is 4.47 Å². The lowest BCUT2D eigenvalue weighted by molar-refractivity contribution is -0.129. The van der Waals surface area contributed by atoms with Gasteiger partial charge in [0.2, 0.25) is 0 Å². The van der Waals surface area contributed by atoms with E-state index >= 15 is 0 Å². The quantitative estimate of drug-likeness (QED) is 0.756. The third-order valence-electron chi connectivity index (χ3n) is 3.58. The van der Waals surface area contributed by atoms with Crippen LogP contribution >= 0.6 is 27.5 Å². The lowest BCUT2D eigenvalue weighted by atomic mass is 10.1. The molecular weight excluding hydrogens is 430 g/mol. The number of nitrogens with one attached hydrogen (secondary N) is 1. The van der Waals surface area contributed by atoms with Crippen molar-refractivity contribution in [2.45, 2.75) is 24.8 Å². The Morgan fingerprint density at radius 1 is 1.16 bits per heavy atom. The first-order chi connectivity index (χ1) is 11.7. The van der Waals surface area contributed by atoms with Gasteiger partial charge >= 0.3 is 0 Å². The zero-order valence-electron chi connectivity index (χ0n) is 13.8. The molecule has 0 aliphatic heterocycles. The molecule has 8 heteroatoms. The van der Waals surface area contributed by atoms with Gasteiger partial charge in [-0.3, -0.25) is 4.79 Å². The summed E-state index contributed by atoms with van der Waals surface area (Å²) in [5, 5.41) is 0.507. The van der Waals surface area contributed by atoms with Gasteiger partial charge in [-0.2, -0.15) is 0 Å². The molecule has 0 spiro atoms. The van der Waals surface area contributed by atoms with E-state index in [2.05, 4.69) is 20.7 Å². The molecule has 2 rings (SSSR count). The minimum Gasteiger partial charge on any atom is -0.367 e. The molecule has 1 N–H and O–H groups in total. The molecule has 25 heavy (non-hydrogen) atoms. The van der Waals surface area contributed by atoms with Crippen molar-refractivity contribution in [1.82, 2.24) is 4.72 Å². The maximum absolute atomic E-state index is 12.7. The average Bonchev–Trinajstić information content (AvgIpc) is 2.47. The Balaban J connectivity index is 2.33. The zero-order valence-corrected chi connectivity index (χ0v) is 17.0. The summed E-state index contributed by atoms with van der Waals surface area (Å²) in [4.78, 5) is 12.6. The molecule has 0 aromatic heterocycles. The van der Waals surface area contributed by atoms with Gasteiger partial charge < -0.3 is 4.74 Å². The molecule has 0 aliphatic rings. The van der Waals surface area contributed by atoms with E-state index in [0.29, 0.717) is 21.7 Å². The fourth-order valence-electron chi connectivity index (χ4n) is 2.59. The average molecular weight is 447 g/mol. The van der Waals surface area contributed by atoms with Crippen LogP contribution in [0.3, 0.4) is 0 Å². The van der Waals surface area contributed by atoms with Crippen LogP contribution in [0.5, 0.6) is 0 Å². The Bertz CT molecular complexity index is 874. The van der Waals surface area contributed by atoms with Gasteiger partial charge in [0.1, 0.15) is 0 Å². The number of halogens is 2. The topological polar surface area (TPSA) is 72.5 Å². The molecule has 1 amide bonds. The minimum absolute atomic E-state index is 0.0787. The molecule has 134 valence electrons. The summed E-state index contributed by atoms with van der Waals surface area (Å²) in [6, 6.07) is 9.79. The Hall–Kier alpha value is -1.41. The fraction of sp³-hybridized carbons (Fsp3) is 0.235. The molecule has 2 aromatic rings. The van der Waals surface area contributed by atoms with Gasteiger partial charge in [0.05, 0.1) is 4.90 Å². The minimum atomic E-state index is -4.04. The van der Waals surface area contributed by atoms with Crippen LogP contribution in [-0.2, 0) is 19.6 Å². The highest BCUT2D eigenvalue weighted by molar-refractivity contribution is 9.10. The number of ether oxygens (including phenoxy) is 1. The largest absolute Gasteiger partial charge is 0.367 e. The molecule has 1 unspecified atom stereocenters. The molecule has 0 bridgehead atoms. The monoisotopic (exact) mass is 445 g/mol. The van der Waals surface area contributed by atoms with Crippen molar-refractivity contribution in [3.8, 4) is 0 Å². The zero-order chi connectivity index (χ0) is 18.8. The van der Waals surface area contributed by atoms with Gasteiger partial charge in [-0.05, 0) is 54.8 Å². The van der Waals surface area contributed by atoms with E-state index in [1.807, 2.05) is 0 Å². The number of hydrogen-bond donors (Lipinski definition) is 1. The highest BCUT2D eigenvalue weighted by Crippen LogP contribution is 2.26. The number of benzene rings is 2. The van der Waals surface area contributed by atoms with Gasteiger partial charge in [0.25, 0.3) is 15.9 Å². The van der Waals surface area contributed by atoms with Crippen molar-refractivity contribution in [2.75, 3.05) is 7.11 Å². The number of sulfonamides is 1. The molecule has 0 fully saturated rings. The van der Waals surface area contributed by atoms with Crippen molar-refractivity contribution in [2.24, 2.45) is 0 Å². The van der Waals surface area contributed by atoms with Crippen molar-refractivity contribution >= 4 is 43.5 Å². The summed E-state index contributed by atoms with van der Waals surface area (Å²) >= 11 is 9.15. The molecule has 0 radical (unpaired) electrons. The Kier molecular flexibility index (Phi) is 6.26. The van der Waals surface area contributed by atoms with Gasteiger partial charge in [-0.15, -0.1) is 0 Å². The van der Waals surface area contributed by atoms with Crippen molar-refractivity contribution in [3.05, 3.63) is 62.6 Å². The lowest BCUT2D eigenvalue weighted by Gasteiger charge is -2.17. The molecule has 5 nitrogen and oxygen atoms in total. The van der Waals surface area contributed by atoms with Gasteiger partial charge in [0.15, 0.2) is 6.10 Å². The third kappa shape index (κ3) is 4.61. The van der Waals surface area contributed by atoms with Crippen molar-refractivity contribution < 1.29 is 17.9 Å². The standard InChI is InChI=1S/C17H17BrClNO4S/c1-10-8-13(18)9-11(2)16(10)25(22,23)20-17(21)15(24-3)12-4-6-14(19)7-5-12/h4-9,15H,1-3H3,(H,20,21). The van der Waals surface area contributed by atoms with E-state index < -0.39 is 22.0 Å². The summed E-state index contributed by atoms with van der Waals surface area (Å²) in [5.41, 5.74) is 1.57. The molecule has 0 aliphatic carbocycles. The summed E-state index contributed by atoms with van der Waals surface area (Å²) < 4.78 is 33.4. The summed E-state index contributed by atoms with van der Waals surface area (Å²) in [6.45, 7) is 3.34. The number of aryl methyl sites for hydroxylation is 2. The molecular formula is C17H17BrClNO4S. The molecule has 1 atom stereocenters. The number of carbonyl (C=O) groups is 1. The van der Waals surface area contributed by atoms with Crippen molar-refractivity contribution in [3.63, 3.8) is 0 Å². The van der Waals surface area contributed by atoms with E-state index in [9.17, 15) is 13.2 Å². The predicted molar refractivity (Wildman–Crippen MR) is 100 cm³/mol. The van der Waals surface area contributed by atoms with Crippen LogP contribution in [0.1, 0.15) is 22.8 Å². The summed E-state index contributed by atoms with van der Waals surface area (Å²) in [5.74, 6) is -0.772. The van der Waals surface area contributed by atoms with E-state index in [1.165, 1.54) is 7.11 Å². The van der Waals surface area contributed by atoms with Crippen LogP contribution < -0.4 is 4.72 Å². The normalized spacial score (nSPS) is 12.7. The van der Waals surface area contributed by atoms with Crippen LogP contribution in [0.15, 0.2) is 45.8 Å². The lowest BCUT2D eigenvalue weighted by Crippen LogP contribution is -2.36. The SMILES string of the molecule is COC(C(=O)NS(=O)(=O)c1c(C)cc(Br)cc1C)c1ccc(Cl)cc1. The maximum Gasteiger partial charge on any atom is 0.267 e. The maximum atomic E-state index is 12.7. The second kappa shape index (κ2) is 7.86. The smallest absolute Gasteiger partial charge is 0.267 e. The van der Waals surface area contributed by atoms with Crippen LogP contribution in [0.4, 0.5) is 0 Å². The number of rotatable bonds is 5. The molecule has 0 saturated carbocycles. The summed E-state index contributed by atoms with van der Waals surface area (Å²) in [6.07, 6.45) is -1.07. The van der Waals surface area contributed by atoms with Gasteiger partial charge in [-0.25, -0.2) is 13.1 Å². The van der Waals surface area contributed by atoms with E-state index in [1.54, 1.807) is 50.2 Å². The Morgan fingerprint density at radius 3 is 2.16 bits per heavy atom. The van der Waals surface area contributed by atoms with E-state index in [-0.39, 0.29) is 4.90 Å². The highest BCUT2D eigenvalue weighted by atomic mass is 79.9. The highest BCUT2D eigenvalue weighted by Gasteiger charge is 2.28. The number of methoxy groups -OCH3 is 1. The molecule has 0 heterocycles. The number of hydrogen-bond acceptors (Lipinski definition) is 4. The first-order valence-corrected chi connectivity index (χ1v) is 9.93. The second-order valence-corrected chi connectivity index (χ2v) is 8.48. The number of amides is 1. The first-order valence-electron chi connectivity index (χ1n) is 7.27. The van der Waals surface area contributed by atoms with Crippen LogP contribution in [0.25, 0.3) is 0 Å². The Labute approximate surface area is 160 Å². The van der Waals surface area contributed by atoms with Crippen molar-refractivity contribution in [1.29, 1.82) is 0 Å². The first kappa shape index (κ1) is 19.9. The second-order valence-electron chi connectivity index (χ2n) is 5.51. The third-order valence-corrected chi connectivity index (χ3v) is 5.94. The van der Waals surface area contributed by atoms with E-state index in [4.69, 9.17) is 16.3 Å². The van der Waals surface area contributed by atoms with Crippen LogP contribution in [-0.4, -0.2) is 21.4 Å². The molecule has 2 aromatic carbocycles. The summed E-state index contributed by atoms with van der Waals surface area (Å²) in [7, 11) is -2.70. The van der Waals surface area contributed by atoms with Crippen LogP contribution in [0, 0.1) is 13.8 Å². The van der Waals surface area contributed by atoms with Crippen LogP contribution in [0.2, 0.25) is 5.02 Å². The number of carbonyl (C=O) groups excluding carboxylic acids is 1. The Morgan fingerprint density at radius 2 is 1.68 bits per heavy atom. The predicted octanol–water partition coefficient (Wildman–Crippen LogP) is 3.91. The fourth-order valence-corrected chi connectivity index (χ4v) is 4.84. The van der Waals surface area contributed by atoms with Gasteiger partial charge in [0, 0.05) is 16.6 Å². The van der Waals surface area contributed by atoms with Gasteiger partial charge in [-0.1, -0.05) is 39.7 Å².